The number of carbonyl (C=O) groups is 1. The van der Waals surface area contributed by atoms with Gasteiger partial charge in [-0.05, 0) is 61.1 Å². The highest BCUT2D eigenvalue weighted by Gasteiger charge is 2.38. The molecule has 0 saturated heterocycles. The highest BCUT2D eigenvalue weighted by Crippen LogP contribution is 2.44. The Kier molecular flexibility index (Phi) is 7.36. The van der Waals surface area contributed by atoms with Crippen molar-refractivity contribution >= 4 is 35.0 Å². The molecule has 1 amide bonds. The zero-order valence-corrected chi connectivity index (χ0v) is 21.0. The number of hydrogen-bond acceptors (Lipinski definition) is 3. The zero-order chi connectivity index (χ0) is 25.3. The Bertz CT molecular complexity index is 1280. The van der Waals surface area contributed by atoms with Crippen LogP contribution >= 0.6 is 23.4 Å². The third kappa shape index (κ3) is 5.45. The average molecular weight is 514 g/mol. The van der Waals surface area contributed by atoms with E-state index < -0.39 is 23.1 Å². The summed E-state index contributed by atoms with van der Waals surface area (Å²) < 4.78 is 28.7. The number of nitrogens with one attached hydrogen (secondary N) is 1. The molecule has 0 spiro atoms. The van der Waals surface area contributed by atoms with Crippen LogP contribution in [0.4, 0.5) is 14.5 Å². The minimum Gasteiger partial charge on any atom is -0.386 e. The molecule has 3 aromatic rings. The van der Waals surface area contributed by atoms with Gasteiger partial charge in [-0.25, -0.2) is 8.78 Å². The van der Waals surface area contributed by atoms with Crippen LogP contribution in [0.5, 0.6) is 0 Å². The molecule has 1 aliphatic rings. The molecule has 1 aliphatic carbocycles. The fourth-order valence-corrected chi connectivity index (χ4v) is 5.89. The molecule has 35 heavy (non-hydrogen) atoms. The van der Waals surface area contributed by atoms with Gasteiger partial charge in [-0.3, -0.25) is 4.79 Å². The van der Waals surface area contributed by atoms with E-state index in [0.29, 0.717) is 22.6 Å². The summed E-state index contributed by atoms with van der Waals surface area (Å²) in [5.74, 6) is -2.44. The van der Waals surface area contributed by atoms with E-state index in [1.807, 2.05) is 6.92 Å². The van der Waals surface area contributed by atoms with E-state index in [9.17, 15) is 18.7 Å². The summed E-state index contributed by atoms with van der Waals surface area (Å²) in [4.78, 5) is 13.7. The molecule has 0 aromatic heterocycles. The molecule has 0 aliphatic heterocycles. The molecule has 3 aromatic carbocycles. The van der Waals surface area contributed by atoms with Gasteiger partial charge in [0.05, 0.1) is 10.6 Å². The monoisotopic (exact) mass is 513 g/mol. The number of rotatable bonds is 5. The molecule has 3 nitrogen and oxygen atoms in total. The molecule has 1 fully saturated rings. The lowest BCUT2D eigenvalue weighted by molar-refractivity contribution is 0.0237. The van der Waals surface area contributed by atoms with Gasteiger partial charge in [-0.15, -0.1) is 11.8 Å². The van der Waals surface area contributed by atoms with Gasteiger partial charge in [0.25, 0.3) is 5.91 Å². The fraction of sp³-hybridized carbons (Fsp3) is 0.250. The SMILES string of the molecule is C=C1C[C@H](Sc2cc(C(=O)Nc3cc(F)c(F)c(-c4ccccc4)c3)ccc2Cl)CC(C)[C@@]1(C)O. The number of halogens is 3. The summed E-state index contributed by atoms with van der Waals surface area (Å²) in [5.41, 5.74) is 0.953. The number of amides is 1. The van der Waals surface area contributed by atoms with Crippen LogP contribution in [0.1, 0.15) is 37.0 Å². The smallest absolute Gasteiger partial charge is 0.255 e. The molecule has 0 bridgehead atoms. The van der Waals surface area contributed by atoms with Crippen molar-refractivity contribution in [2.45, 2.75) is 42.4 Å². The number of anilines is 1. The molecule has 3 atom stereocenters. The standard InChI is InChI=1S/C28H26ClF2NO2S/c1-16-11-21(12-17(2)28(16,3)34)35-25-13-19(9-10-23(25)29)27(33)32-20-14-22(26(31)24(30)15-20)18-7-5-4-6-8-18/h4-10,13-15,17,21,34H,1,11-12H2,2-3H3,(H,32,33)/t17?,21-,28-/m0/s1. The average Bonchev–Trinajstić information content (AvgIpc) is 2.82. The molecule has 1 saturated carbocycles. The Morgan fingerprint density at radius 2 is 1.89 bits per heavy atom. The number of hydrogen-bond donors (Lipinski definition) is 2. The topological polar surface area (TPSA) is 49.3 Å². The Morgan fingerprint density at radius 1 is 1.17 bits per heavy atom. The first-order chi connectivity index (χ1) is 16.6. The summed E-state index contributed by atoms with van der Waals surface area (Å²) in [6.45, 7) is 7.84. The summed E-state index contributed by atoms with van der Waals surface area (Å²) in [5, 5.41) is 13.9. The lowest BCUT2D eigenvalue weighted by Gasteiger charge is -2.40. The number of thioether (sulfide) groups is 1. The lowest BCUT2D eigenvalue weighted by Crippen LogP contribution is -2.41. The zero-order valence-electron chi connectivity index (χ0n) is 19.4. The van der Waals surface area contributed by atoms with Gasteiger partial charge in [0.2, 0.25) is 0 Å². The van der Waals surface area contributed by atoms with Crippen molar-refractivity contribution < 1.29 is 18.7 Å². The highest BCUT2D eigenvalue weighted by atomic mass is 35.5. The largest absolute Gasteiger partial charge is 0.386 e. The molecular formula is C28H26ClF2NO2S. The van der Waals surface area contributed by atoms with E-state index in [-0.39, 0.29) is 22.4 Å². The van der Waals surface area contributed by atoms with Crippen molar-refractivity contribution in [3.63, 3.8) is 0 Å². The number of carbonyl (C=O) groups excluding carboxylic acids is 1. The summed E-state index contributed by atoms with van der Waals surface area (Å²) in [6, 6.07) is 15.9. The second-order valence-electron chi connectivity index (χ2n) is 9.12. The van der Waals surface area contributed by atoms with Gasteiger partial charge in [0.1, 0.15) is 0 Å². The quantitative estimate of drug-likeness (QED) is 0.343. The first-order valence-corrected chi connectivity index (χ1v) is 12.5. The molecule has 7 heteroatoms. The highest BCUT2D eigenvalue weighted by molar-refractivity contribution is 8.00. The van der Waals surface area contributed by atoms with Crippen LogP contribution in [-0.4, -0.2) is 21.9 Å². The van der Waals surface area contributed by atoms with E-state index in [0.717, 1.165) is 23.0 Å². The van der Waals surface area contributed by atoms with Crippen LogP contribution in [0.15, 0.2) is 77.7 Å². The van der Waals surface area contributed by atoms with Gasteiger partial charge >= 0.3 is 0 Å². The summed E-state index contributed by atoms with van der Waals surface area (Å²) in [6.07, 6.45) is 1.42. The van der Waals surface area contributed by atoms with Gasteiger partial charge < -0.3 is 10.4 Å². The molecule has 2 N–H and O–H groups in total. The third-order valence-corrected chi connectivity index (χ3v) is 8.35. The normalized spacial score (nSPS) is 22.2. The maximum Gasteiger partial charge on any atom is 0.255 e. The molecule has 0 heterocycles. The van der Waals surface area contributed by atoms with Crippen molar-refractivity contribution in [2.75, 3.05) is 5.32 Å². The number of aliphatic hydroxyl groups is 1. The fourth-order valence-electron chi connectivity index (χ4n) is 4.23. The van der Waals surface area contributed by atoms with E-state index >= 15 is 0 Å². The third-order valence-electron chi connectivity index (χ3n) is 6.62. The number of benzene rings is 3. The second kappa shape index (κ2) is 10.1. The van der Waals surface area contributed by atoms with Gasteiger partial charge in [-0.2, -0.15) is 0 Å². The predicted molar refractivity (Wildman–Crippen MR) is 139 cm³/mol. The van der Waals surface area contributed by atoms with Crippen LogP contribution in [0.2, 0.25) is 5.02 Å². The maximum absolute atomic E-state index is 14.4. The molecular weight excluding hydrogens is 488 g/mol. The van der Waals surface area contributed by atoms with E-state index in [2.05, 4.69) is 11.9 Å². The van der Waals surface area contributed by atoms with Crippen molar-refractivity contribution in [2.24, 2.45) is 5.92 Å². The van der Waals surface area contributed by atoms with E-state index in [4.69, 9.17) is 11.6 Å². The molecule has 1 unspecified atom stereocenters. The second-order valence-corrected chi connectivity index (χ2v) is 10.9. The van der Waals surface area contributed by atoms with Crippen LogP contribution < -0.4 is 5.32 Å². The molecule has 182 valence electrons. The minimum atomic E-state index is -1.04. The summed E-state index contributed by atoms with van der Waals surface area (Å²) >= 11 is 7.97. The van der Waals surface area contributed by atoms with Crippen molar-refractivity contribution in [1.29, 1.82) is 0 Å². The van der Waals surface area contributed by atoms with Crippen LogP contribution in [0, 0.1) is 17.6 Å². The van der Waals surface area contributed by atoms with Crippen molar-refractivity contribution in [1.82, 2.24) is 0 Å². The van der Waals surface area contributed by atoms with Crippen LogP contribution in [-0.2, 0) is 0 Å². The lowest BCUT2D eigenvalue weighted by atomic mass is 9.74. The summed E-state index contributed by atoms with van der Waals surface area (Å²) in [7, 11) is 0. The van der Waals surface area contributed by atoms with Crippen molar-refractivity contribution in [3.8, 4) is 11.1 Å². The molecule has 4 rings (SSSR count). The first kappa shape index (κ1) is 25.4. The Labute approximate surface area is 213 Å². The minimum absolute atomic E-state index is 0.0405. The van der Waals surface area contributed by atoms with Gasteiger partial charge in [0.15, 0.2) is 11.6 Å². The van der Waals surface area contributed by atoms with E-state index in [1.54, 1.807) is 67.2 Å². The van der Waals surface area contributed by atoms with E-state index in [1.165, 1.54) is 6.07 Å². The van der Waals surface area contributed by atoms with Gasteiger partial charge in [0, 0.05) is 33.0 Å². The predicted octanol–water partition coefficient (Wildman–Crippen LogP) is 7.74. The Morgan fingerprint density at radius 3 is 2.57 bits per heavy atom. The van der Waals surface area contributed by atoms with Crippen LogP contribution in [0.25, 0.3) is 11.1 Å². The Balaban J connectivity index is 1.54. The Hall–Kier alpha value is -2.67. The van der Waals surface area contributed by atoms with Crippen molar-refractivity contribution in [3.05, 3.63) is 95.0 Å². The van der Waals surface area contributed by atoms with Gasteiger partial charge in [-0.1, -0.05) is 55.4 Å². The molecule has 0 radical (unpaired) electrons. The maximum atomic E-state index is 14.4. The first-order valence-electron chi connectivity index (χ1n) is 11.3. The van der Waals surface area contributed by atoms with Crippen LogP contribution in [0.3, 0.4) is 0 Å².